The number of amides is 1. The third-order valence-corrected chi connectivity index (χ3v) is 3.68. The summed E-state index contributed by atoms with van der Waals surface area (Å²) in [6.07, 6.45) is 1.54. The van der Waals surface area contributed by atoms with Gasteiger partial charge in [0.15, 0.2) is 0 Å². The zero-order valence-corrected chi connectivity index (χ0v) is 12.8. The number of carbonyl (C=O) groups excluding carboxylic acids is 1. The van der Waals surface area contributed by atoms with Gasteiger partial charge >= 0.3 is 0 Å². The first-order chi connectivity index (χ1) is 8.61. The van der Waals surface area contributed by atoms with Crippen molar-refractivity contribution in [1.29, 1.82) is 0 Å². The predicted molar refractivity (Wildman–Crippen MR) is 73.2 cm³/mol. The van der Waals surface area contributed by atoms with Crippen LogP contribution in [0.15, 0.2) is 0 Å². The molecule has 0 saturated carbocycles. The van der Waals surface area contributed by atoms with Crippen LogP contribution >= 0.6 is 0 Å². The van der Waals surface area contributed by atoms with E-state index >= 15 is 0 Å². The molecule has 1 fully saturated rings. The number of sulfonamides is 1. The van der Waals surface area contributed by atoms with Crippen LogP contribution < -0.4 is 10.0 Å². The Kier molecular flexibility index (Phi) is 5.34. The van der Waals surface area contributed by atoms with Crippen molar-refractivity contribution in [3.8, 4) is 0 Å². The summed E-state index contributed by atoms with van der Waals surface area (Å²) in [5.41, 5.74) is -0.0247. The van der Waals surface area contributed by atoms with E-state index in [1.165, 1.54) is 0 Å². The van der Waals surface area contributed by atoms with Crippen LogP contribution in [-0.2, 0) is 19.6 Å². The summed E-state index contributed by atoms with van der Waals surface area (Å²) in [4.78, 5) is 12.1. The Balaban J connectivity index is 2.55. The lowest BCUT2D eigenvalue weighted by atomic mass is 9.88. The fourth-order valence-electron chi connectivity index (χ4n) is 1.91. The minimum absolute atomic E-state index is 0.0247. The molecule has 19 heavy (non-hydrogen) atoms. The minimum atomic E-state index is -3.39. The van der Waals surface area contributed by atoms with E-state index in [4.69, 9.17) is 4.74 Å². The number of nitrogens with one attached hydrogen (secondary N) is 2. The van der Waals surface area contributed by atoms with Gasteiger partial charge in [0.2, 0.25) is 15.9 Å². The van der Waals surface area contributed by atoms with E-state index in [1.54, 1.807) is 0 Å². The van der Waals surface area contributed by atoms with Crippen LogP contribution in [0.25, 0.3) is 0 Å². The van der Waals surface area contributed by atoms with E-state index < -0.39 is 16.1 Å². The highest BCUT2D eigenvalue weighted by atomic mass is 32.2. The first kappa shape index (κ1) is 16.4. The van der Waals surface area contributed by atoms with Crippen molar-refractivity contribution in [3.05, 3.63) is 0 Å². The first-order valence-corrected chi connectivity index (χ1v) is 8.33. The molecule has 7 heteroatoms. The molecular weight excluding hydrogens is 268 g/mol. The SMILES string of the molecule is CC(C)CC(NS(C)(=O)=O)C(=O)NCC1(C)COC1. The van der Waals surface area contributed by atoms with Crippen LogP contribution in [-0.4, -0.2) is 46.4 Å². The molecule has 1 heterocycles. The predicted octanol–water partition coefficient (Wildman–Crippen LogP) is 0.103. The summed E-state index contributed by atoms with van der Waals surface area (Å²) in [7, 11) is -3.39. The monoisotopic (exact) mass is 292 g/mol. The molecule has 0 aromatic rings. The van der Waals surface area contributed by atoms with Gasteiger partial charge < -0.3 is 10.1 Å². The smallest absolute Gasteiger partial charge is 0.238 e. The molecule has 0 radical (unpaired) electrons. The zero-order valence-electron chi connectivity index (χ0n) is 12.0. The van der Waals surface area contributed by atoms with Crippen LogP contribution in [0.5, 0.6) is 0 Å². The second-order valence-electron chi connectivity index (χ2n) is 6.09. The average Bonchev–Trinajstić information content (AvgIpc) is 2.19. The van der Waals surface area contributed by atoms with Crippen molar-refractivity contribution in [2.75, 3.05) is 26.0 Å². The van der Waals surface area contributed by atoms with E-state index in [9.17, 15) is 13.2 Å². The molecule has 1 saturated heterocycles. The molecule has 0 aromatic carbocycles. The highest BCUT2D eigenvalue weighted by Gasteiger charge is 2.34. The molecule has 2 N–H and O–H groups in total. The largest absolute Gasteiger partial charge is 0.380 e. The standard InChI is InChI=1S/C12H24N2O4S/c1-9(2)5-10(14-19(4,16)17)11(15)13-6-12(3)7-18-8-12/h9-10,14H,5-8H2,1-4H3,(H,13,15). The topological polar surface area (TPSA) is 84.5 Å². The van der Waals surface area contributed by atoms with Crippen molar-refractivity contribution < 1.29 is 17.9 Å². The van der Waals surface area contributed by atoms with Crippen molar-refractivity contribution in [3.63, 3.8) is 0 Å². The molecule has 1 rings (SSSR count). The molecule has 112 valence electrons. The fraction of sp³-hybridized carbons (Fsp3) is 0.917. The summed E-state index contributed by atoms with van der Waals surface area (Å²) in [6.45, 7) is 7.68. The van der Waals surface area contributed by atoms with Gasteiger partial charge in [-0.2, -0.15) is 0 Å². The molecule has 0 bridgehead atoms. The summed E-state index contributed by atoms with van der Waals surface area (Å²) in [6, 6.07) is -0.709. The Morgan fingerprint density at radius 3 is 2.32 bits per heavy atom. The Morgan fingerprint density at radius 2 is 1.95 bits per heavy atom. The Hall–Kier alpha value is -0.660. The lowest BCUT2D eigenvalue weighted by Gasteiger charge is -2.38. The van der Waals surface area contributed by atoms with Gasteiger partial charge in [0.05, 0.1) is 19.5 Å². The van der Waals surface area contributed by atoms with E-state index in [-0.39, 0.29) is 17.2 Å². The second kappa shape index (κ2) is 6.19. The Bertz CT molecular complexity index is 415. The molecule has 1 aliphatic rings. The summed E-state index contributed by atoms with van der Waals surface area (Å²) in [5.74, 6) is -0.0418. The van der Waals surface area contributed by atoms with Gasteiger partial charge in [0.1, 0.15) is 6.04 Å². The number of carbonyl (C=O) groups is 1. The normalized spacial score (nSPS) is 19.8. The van der Waals surface area contributed by atoms with Gasteiger partial charge in [-0.1, -0.05) is 20.8 Å². The molecule has 0 spiro atoms. The highest BCUT2D eigenvalue weighted by molar-refractivity contribution is 7.88. The zero-order chi connectivity index (χ0) is 14.7. The molecule has 1 amide bonds. The van der Waals surface area contributed by atoms with Crippen molar-refractivity contribution in [2.24, 2.45) is 11.3 Å². The van der Waals surface area contributed by atoms with E-state index in [1.807, 2.05) is 20.8 Å². The van der Waals surface area contributed by atoms with Crippen molar-refractivity contribution >= 4 is 15.9 Å². The van der Waals surface area contributed by atoms with E-state index in [2.05, 4.69) is 10.0 Å². The van der Waals surface area contributed by atoms with E-state index in [0.29, 0.717) is 26.2 Å². The summed E-state index contributed by atoms with van der Waals surface area (Å²) < 4.78 is 30.1. The first-order valence-electron chi connectivity index (χ1n) is 6.44. The molecule has 6 nitrogen and oxygen atoms in total. The fourth-order valence-corrected chi connectivity index (χ4v) is 2.63. The molecule has 0 aromatic heterocycles. The lowest BCUT2D eigenvalue weighted by Crippen LogP contribution is -2.53. The van der Waals surface area contributed by atoms with Crippen LogP contribution in [0.3, 0.4) is 0 Å². The molecule has 1 aliphatic heterocycles. The summed E-state index contributed by atoms with van der Waals surface area (Å²) >= 11 is 0. The maximum absolute atomic E-state index is 12.1. The number of rotatable bonds is 7. The van der Waals surface area contributed by atoms with Gasteiger partial charge in [0.25, 0.3) is 0 Å². The number of hydrogen-bond donors (Lipinski definition) is 2. The second-order valence-corrected chi connectivity index (χ2v) is 7.87. The van der Waals surface area contributed by atoms with Crippen molar-refractivity contribution in [1.82, 2.24) is 10.0 Å². The van der Waals surface area contributed by atoms with Gasteiger partial charge in [-0.15, -0.1) is 0 Å². The number of hydrogen-bond acceptors (Lipinski definition) is 4. The molecule has 1 unspecified atom stereocenters. The van der Waals surface area contributed by atoms with Crippen LogP contribution in [0.1, 0.15) is 27.2 Å². The minimum Gasteiger partial charge on any atom is -0.380 e. The average molecular weight is 292 g/mol. The lowest BCUT2D eigenvalue weighted by molar-refractivity contribution is -0.128. The Labute approximate surface area is 115 Å². The van der Waals surface area contributed by atoms with Crippen LogP contribution in [0, 0.1) is 11.3 Å². The maximum atomic E-state index is 12.1. The quantitative estimate of drug-likeness (QED) is 0.697. The number of ether oxygens (including phenoxy) is 1. The third kappa shape index (κ3) is 5.88. The molecular formula is C12H24N2O4S. The highest BCUT2D eigenvalue weighted by Crippen LogP contribution is 2.25. The third-order valence-electron chi connectivity index (χ3n) is 2.97. The summed E-state index contributed by atoms with van der Waals surface area (Å²) in [5, 5.41) is 2.81. The van der Waals surface area contributed by atoms with E-state index in [0.717, 1.165) is 6.26 Å². The van der Waals surface area contributed by atoms with Gasteiger partial charge in [-0.05, 0) is 12.3 Å². The molecule has 0 aliphatic carbocycles. The van der Waals surface area contributed by atoms with Gasteiger partial charge in [-0.3, -0.25) is 4.79 Å². The van der Waals surface area contributed by atoms with Crippen molar-refractivity contribution in [2.45, 2.75) is 33.2 Å². The van der Waals surface area contributed by atoms with Crippen LogP contribution in [0.2, 0.25) is 0 Å². The molecule has 1 atom stereocenters. The van der Waals surface area contributed by atoms with Crippen LogP contribution in [0.4, 0.5) is 0 Å². The maximum Gasteiger partial charge on any atom is 0.238 e. The van der Waals surface area contributed by atoms with Gasteiger partial charge in [-0.25, -0.2) is 13.1 Å². The Morgan fingerprint density at radius 1 is 1.37 bits per heavy atom. The van der Waals surface area contributed by atoms with Gasteiger partial charge in [0, 0.05) is 12.0 Å².